The Kier molecular flexibility index (Phi) is 5.72. The third-order valence-corrected chi connectivity index (χ3v) is 5.90. The molecule has 11 heteroatoms. The van der Waals surface area contributed by atoms with E-state index >= 15 is 0 Å². The second-order valence-electron chi connectivity index (χ2n) is 7.96. The van der Waals surface area contributed by atoms with Crippen molar-refractivity contribution in [2.75, 3.05) is 36.4 Å². The minimum absolute atomic E-state index is 0.00281. The molecule has 1 amide bonds. The average molecular weight is 455 g/mol. The molecule has 1 aliphatic heterocycles. The molecule has 170 valence electrons. The number of H-pyrrole nitrogens is 1. The fourth-order valence-electron chi connectivity index (χ4n) is 4.15. The Balaban J connectivity index is 1.36. The van der Waals surface area contributed by atoms with Gasteiger partial charge in [-0.2, -0.15) is 10.5 Å². The smallest absolute Gasteiger partial charge is 0.270 e. The summed E-state index contributed by atoms with van der Waals surface area (Å²) in [7, 11) is 0. The number of tetrazole rings is 1. The van der Waals surface area contributed by atoms with Crippen molar-refractivity contribution in [1.29, 1.82) is 5.26 Å². The van der Waals surface area contributed by atoms with Crippen LogP contribution in [0.25, 0.3) is 5.52 Å². The molecule has 0 spiro atoms. The highest BCUT2D eigenvalue weighted by atomic mass is 16.2. The van der Waals surface area contributed by atoms with Gasteiger partial charge in [0, 0.05) is 44.6 Å². The summed E-state index contributed by atoms with van der Waals surface area (Å²) in [5.74, 6) is -0.584. The monoisotopic (exact) mass is 455 g/mol. The van der Waals surface area contributed by atoms with Crippen LogP contribution in [0.1, 0.15) is 21.5 Å². The number of aromatic amines is 1. The lowest BCUT2D eigenvalue weighted by molar-refractivity contribution is 0.102. The van der Waals surface area contributed by atoms with E-state index < -0.39 is 11.5 Å². The standard InChI is InChI=1S/C23H21N9O2/c24-14-16-4-6-18(7-5-16)31-11-9-30(10-12-31)15-17-13-19(21(33)25-23-26-28-29-27-23)22(34)32-8-2-1-3-20(17)32/h1-8,13H,9-12,15H2,(H2,25,26,27,28,29,33). The van der Waals surface area contributed by atoms with Gasteiger partial charge in [0.05, 0.1) is 17.1 Å². The van der Waals surface area contributed by atoms with E-state index in [4.69, 9.17) is 5.26 Å². The molecule has 0 radical (unpaired) electrons. The van der Waals surface area contributed by atoms with Crippen LogP contribution >= 0.6 is 0 Å². The van der Waals surface area contributed by atoms with E-state index in [9.17, 15) is 9.59 Å². The lowest BCUT2D eigenvalue weighted by Crippen LogP contribution is -2.46. The van der Waals surface area contributed by atoms with Gasteiger partial charge in [-0.15, -0.1) is 5.10 Å². The predicted molar refractivity (Wildman–Crippen MR) is 124 cm³/mol. The quantitative estimate of drug-likeness (QED) is 0.459. The van der Waals surface area contributed by atoms with Crippen molar-refractivity contribution < 1.29 is 4.79 Å². The van der Waals surface area contributed by atoms with Gasteiger partial charge in [0.25, 0.3) is 17.4 Å². The summed E-state index contributed by atoms with van der Waals surface area (Å²) in [4.78, 5) is 30.4. The number of hydrogen-bond donors (Lipinski definition) is 2. The van der Waals surface area contributed by atoms with Gasteiger partial charge < -0.3 is 4.90 Å². The van der Waals surface area contributed by atoms with E-state index in [1.165, 1.54) is 4.40 Å². The molecule has 3 aromatic heterocycles. The van der Waals surface area contributed by atoms with Crippen molar-refractivity contribution in [2.24, 2.45) is 0 Å². The van der Waals surface area contributed by atoms with Crippen molar-refractivity contribution in [2.45, 2.75) is 6.54 Å². The van der Waals surface area contributed by atoms with Crippen molar-refractivity contribution in [1.82, 2.24) is 29.9 Å². The van der Waals surface area contributed by atoms with Gasteiger partial charge in [-0.1, -0.05) is 11.2 Å². The molecular weight excluding hydrogens is 434 g/mol. The van der Waals surface area contributed by atoms with Crippen molar-refractivity contribution >= 4 is 23.1 Å². The number of carbonyl (C=O) groups is 1. The molecule has 4 aromatic rings. The van der Waals surface area contributed by atoms with Crippen LogP contribution in [0.5, 0.6) is 0 Å². The Morgan fingerprint density at radius 2 is 1.91 bits per heavy atom. The number of piperazine rings is 1. The van der Waals surface area contributed by atoms with E-state index in [1.807, 2.05) is 36.4 Å². The van der Waals surface area contributed by atoms with E-state index in [2.05, 4.69) is 41.8 Å². The molecule has 0 bridgehead atoms. The Morgan fingerprint density at radius 3 is 2.62 bits per heavy atom. The van der Waals surface area contributed by atoms with E-state index in [1.54, 1.807) is 18.3 Å². The van der Waals surface area contributed by atoms with Crippen LogP contribution in [0.15, 0.2) is 59.5 Å². The van der Waals surface area contributed by atoms with E-state index in [-0.39, 0.29) is 11.5 Å². The number of amides is 1. The molecular formula is C23H21N9O2. The second kappa shape index (κ2) is 9.13. The van der Waals surface area contributed by atoms with Crippen molar-refractivity contribution in [3.63, 3.8) is 0 Å². The first kappa shape index (κ1) is 21.3. The van der Waals surface area contributed by atoms with Gasteiger partial charge in [-0.3, -0.25) is 24.2 Å². The number of benzene rings is 1. The highest BCUT2D eigenvalue weighted by molar-refractivity contribution is 6.03. The molecule has 5 rings (SSSR count). The first-order valence-electron chi connectivity index (χ1n) is 10.8. The van der Waals surface area contributed by atoms with Gasteiger partial charge in [0.2, 0.25) is 0 Å². The maximum absolute atomic E-state index is 13.0. The molecule has 0 atom stereocenters. The van der Waals surface area contributed by atoms with Crippen molar-refractivity contribution in [3.8, 4) is 6.07 Å². The van der Waals surface area contributed by atoms with Gasteiger partial charge >= 0.3 is 0 Å². The summed E-state index contributed by atoms with van der Waals surface area (Å²) in [6.07, 6.45) is 1.66. The lowest BCUT2D eigenvalue weighted by Gasteiger charge is -2.36. The second-order valence-corrected chi connectivity index (χ2v) is 7.96. The molecule has 0 saturated carbocycles. The molecule has 2 N–H and O–H groups in total. The molecule has 0 unspecified atom stereocenters. The van der Waals surface area contributed by atoms with Crippen molar-refractivity contribution in [3.05, 3.63) is 81.8 Å². The van der Waals surface area contributed by atoms with E-state index in [0.29, 0.717) is 12.1 Å². The number of fused-ring (bicyclic) bond motifs is 1. The summed E-state index contributed by atoms with van der Waals surface area (Å²) < 4.78 is 1.49. The molecule has 1 aliphatic rings. The van der Waals surface area contributed by atoms with Gasteiger partial charge in [-0.05, 0) is 53.2 Å². The summed E-state index contributed by atoms with van der Waals surface area (Å²) in [6.45, 7) is 3.91. The number of carbonyl (C=O) groups excluding carboxylic acids is 1. The summed E-state index contributed by atoms with van der Waals surface area (Å²) in [5, 5.41) is 24.6. The number of aromatic nitrogens is 5. The highest BCUT2D eigenvalue weighted by Crippen LogP contribution is 2.20. The molecule has 1 aromatic carbocycles. The molecule has 11 nitrogen and oxygen atoms in total. The van der Waals surface area contributed by atoms with E-state index in [0.717, 1.165) is 42.9 Å². The Labute approximate surface area is 194 Å². The molecule has 4 heterocycles. The molecule has 1 saturated heterocycles. The third kappa shape index (κ3) is 4.22. The molecule has 1 fully saturated rings. The number of hydrogen-bond acceptors (Lipinski definition) is 8. The Bertz CT molecular complexity index is 1410. The summed E-state index contributed by atoms with van der Waals surface area (Å²) >= 11 is 0. The normalized spacial score (nSPS) is 14.1. The zero-order valence-electron chi connectivity index (χ0n) is 18.2. The van der Waals surface area contributed by atoms with Gasteiger partial charge in [0.15, 0.2) is 0 Å². The Hall–Kier alpha value is -4.56. The number of anilines is 2. The third-order valence-electron chi connectivity index (χ3n) is 5.90. The maximum atomic E-state index is 13.0. The number of nitrogens with one attached hydrogen (secondary N) is 2. The zero-order chi connectivity index (χ0) is 23.5. The predicted octanol–water partition coefficient (Wildman–Crippen LogP) is 1.26. The highest BCUT2D eigenvalue weighted by Gasteiger charge is 2.21. The van der Waals surface area contributed by atoms with Crippen LogP contribution in [0.2, 0.25) is 0 Å². The lowest BCUT2D eigenvalue weighted by atomic mass is 10.1. The fourth-order valence-corrected chi connectivity index (χ4v) is 4.15. The number of rotatable bonds is 5. The topological polar surface area (TPSA) is 135 Å². The van der Waals surface area contributed by atoms with Crippen LogP contribution < -0.4 is 15.8 Å². The minimum atomic E-state index is -0.587. The largest absolute Gasteiger partial charge is 0.369 e. The summed E-state index contributed by atoms with van der Waals surface area (Å²) in [6, 6.07) is 16.9. The zero-order valence-corrected chi connectivity index (χ0v) is 18.2. The van der Waals surface area contributed by atoms with Crippen LogP contribution in [-0.2, 0) is 6.54 Å². The molecule has 0 aliphatic carbocycles. The van der Waals surface area contributed by atoms with Crippen LogP contribution in [0.3, 0.4) is 0 Å². The van der Waals surface area contributed by atoms with Gasteiger partial charge in [0.1, 0.15) is 5.56 Å². The van der Waals surface area contributed by atoms with Gasteiger partial charge in [-0.25, -0.2) is 0 Å². The number of nitrogens with zero attached hydrogens (tertiary/aromatic N) is 7. The first-order valence-corrected chi connectivity index (χ1v) is 10.8. The summed E-state index contributed by atoms with van der Waals surface area (Å²) in [5.41, 5.74) is 2.98. The van der Waals surface area contributed by atoms with Crippen LogP contribution in [0.4, 0.5) is 11.6 Å². The number of nitriles is 1. The maximum Gasteiger partial charge on any atom is 0.270 e. The molecule has 34 heavy (non-hydrogen) atoms. The SMILES string of the molecule is N#Cc1ccc(N2CCN(Cc3cc(C(=O)Nc4nn[nH]n4)c(=O)n4ccccc34)CC2)cc1. The van der Waals surface area contributed by atoms with Crippen LogP contribution in [-0.4, -0.2) is 62.0 Å². The average Bonchev–Trinajstić information content (AvgIpc) is 3.39. The minimum Gasteiger partial charge on any atom is -0.369 e. The fraction of sp³-hybridized carbons (Fsp3) is 0.217. The number of pyridine rings is 2. The Morgan fingerprint density at radius 1 is 1.12 bits per heavy atom. The first-order chi connectivity index (χ1) is 16.6. The van der Waals surface area contributed by atoms with Crippen LogP contribution in [0, 0.1) is 11.3 Å².